The second-order valence-electron chi connectivity index (χ2n) is 5.58. The van der Waals surface area contributed by atoms with Crippen LogP contribution < -0.4 is 10.3 Å². The maximum Gasteiger partial charge on any atom is 0.264 e. The molecule has 0 amide bonds. The van der Waals surface area contributed by atoms with Gasteiger partial charge < -0.3 is 4.74 Å². The Morgan fingerprint density at radius 2 is 1.78 bits per heavy atom. The summed E-state index contributed by atoms with van der Waals surface area (Å²) in [5.74, 6) is 1.61. The first kappa shape index (κ1) is 15.0. The highest BCUT2D eigenvalue weighted by Crippen LogP contribution is 2.24. The molecule has 0 unspecified atom stereocenters. The zero-order chi connectivity index (χ0) is 16.2. The Kier molecular flexibility index (Phi) is 4.24. The zero-order valence-electron chi connectivity index (χ0n) is 13.2. The van der Waals surface area contributed by atoms with Crippen molar-refractivity contribution < 1.29 is 4.74 Å². The van der Waals surface area contributed by atoms with Gasteiger partial charge in [-0.25, -0.2) is 5.10 Å². The van der Waals surface area contributed by atoms with Crippen LogP contribution in [0.5, 0.6) is 11.5 Å². The molecule has 4 nitrogen and oxygen atoms in total. The molecule has 4 heteroatoms. The Hall–Kier alpha value is -2.88. The molecule has 0 aliphatic heterocycles. The molecule has 1 heterocycles. The zero-order valence-corrected chi connectivity index (χ0v) is 13.2. The standard InChI is InChI=1S/C19H18N2O2/c1-13-6-8-18(10-14(13)2)23-17-5-3-4-15(12-17)11-16-7-9-19(22)21-20-16/h3-10,12H,11H2,1-2H3,(H,21,22). The van der Waals surface area contributed by atoms with Crippen molar-refractivity contribution in [3.8, 4) is 11.5 Å². The Morgan fingerprint density at radius 1 is 0.957 bits per heavy atom. The monoisotopic (exact) mass is 306 g/mol. The summed E-state index contributed by atoms with van der Waals surface area (Å²) in [5, 5.41) is 6.48. The fourth-order valence-electron chi connectivity index (χ4n) is 2.31. The van der Waals surface area contributed by atoms with Gasteiger partial charge in [0.05, 0.1) is 5.69 Å². The van der Waals surface area contributed by atoms with Gasteiger partial charge in [0.15, 0.2) is 0 Å². The summed E-state index contributed by atoms with van der Waals surface area (Å²) in [5.41, 5.74) is 4.14. The molecule has 0 fully saturated rings. The van der Waals surface area contributed by atoms with Gasteiger partial charge in [-0.3, -0.25) is 4.79 Å². The third-order valence-electron chi connectivity index (χ3n) is 3.73. The van der Waals surface area contributed by atoms with Crippen molar-refractivity contribution in [1.29, 1.82) is 0 Å². The van der Waals surface area contributed by atoms with Crippen LogP contribution in [0.25, 0.3) is 0 Å². The minimum atomic E-state index is -0.194. The molecule has 1 aromatic heterocycles. The predicted molar refractivity (Wildman–Crippen MR) is 90.1 cm³/mol. The van der Waals surface area contributed by atoms with Crippen LogP contribution in [0.2, 0.25) is 0 Å². The molecular formula is C19H18N2O2. The van der Waals surface area contributed by atoms with Crippen molar-refractivity contribution in [1.82, 2.24) is 10.2 Å². The van der Waals surface area contributed by atoms with Crippen LogP contribution in [0.4, 0.5) is 0 Å². The molecule has 2 aromatic carbocycles. The van der Waals surface area contributed by atoms with E-state index in [-0.39, 0.29) is 5.56 Å². The van der Waals surface area contributed by atoms with E-state index >= 15 is 0 Å². The van der Waals surface area contributed by atoms with E-state index in [1.54, 1.807) is 6.07 Å². The molecule has 0 bridgehead atoms. The first-order valence-electron chi connectivity index (χ1n) is 7.49. The van der Waals surface area contributed by atoms with Crippen molar-refractivity contribution in [2.45, 2.75) is 20.3 Å². The fourth-order valence-corrected chi connectivity index (χ4v) is 2.31. The van der Waals surface area contributed by atoms with Gasteiger partial charge in [-0.2, -0.15) is 5.10 Å². The van der Waals surface area contributed by atoms with Gasteiger partial charge in [-0.1, -0.05) is 18.2 Å². The third-order valence-corrected chi connectivity index (χ3v) is 3.73. The Morgan fingerprint density at radius 3 is 2.52 bits per heavy atom. The summed E-state index contributed by atoms with van der Waals surface area (Å²) >= 11 is 0. The van der Waals surface area contributed by atoms with Gasteiger partial charge in [-0.15, -0.1) is 0 Å². The molecule has 0 saturated heterocycles. The number of nitrogens with zero attached hydrogens (tertiary/aromatic N) is 1. The highest BCUT2D eigenvalue weighted by molar-refractivity contribution is 5.38. The van der Waals surface area contributed by atoms with Crippen LogP contribution in [0.1, 0.15) is 22.4 Å². The second-order valence-corrected chi connectivity index (χ2v) is 5.58. The van der Waals surface area contributed by atoms with E-state index in [9.17, 15) is 4.79 Å². The summed E-state index contributed by atoms with van der Waals surface area (Å²) in [6.45, 7) is 4.15. The Bertz CT molecular complexity index is 864. The molecule has 116 valence electrons. The number of hydrogen-bond donors (Lipinski definition) is 1. The van der Waals surface area contributed by atoms with E-state index in [1.807, 2.05) is 36.4 Å². The van der Waals surface area contributed by atoms with Crippen LogP contribution in [-0.4, -0.2) is 10.2 Å². The van der Waals surface area contributed by atoms with Crippen molar-refractivity contribution in [2.75, 3.05) is 0 Å². The highest BCUT2D eigenvalue weighted by Gasteiger charge is 2.03. The van der Waals surface area contributed by atoms with E-state index in [0.29, 0.717) is 6.42 Å². The average Bonchev–Trinajstić information content (AvgIpc) is 2.54. The van der Waals surface area contributed by atoms with E-state index in [4.69, 9.17) is 4.74 Å². The number of aromatic nitrogens is 2. The molecule has 0 aliphatic carbocycles. The minimum absolute atomic E-state index is 0.194. The summed E-state index contributed by atoms with van der Waals surface area (Å²) in [4.78, 5) is 11.0. The van der Waals surface area contributed by atoms with Gasteiger partial charge in [0.1, 0.15) is 11.5 Å². The average molecular weight is 306 g/mol. The van der Waals surface area contributed by atoms with Gasteiger partial charge in [0.2, 0.25) is 0 Å². The first-order valence-corrected chi connectivity index (χ1v) is 7.49. The molecule has 0 spiro atoms. The van der Waals surface area contributed by atoms with Crippen LogP contribution in [0, 0.1) is 13.8 Å². The lowest BCUT2D eigenvalue weighted by atomic mass is 10.1. The maximum atomic E-state index is 11.0. The number of aromatic amines is 1. The lowest BCUT2D eigenvalue weighted by Gasteiger charge is -2.09. The second kappa shape index (κ2) is 6.48. The smallest absolute Gasteiger partial charge is 0.264 e. The van der Waals surface area contributed by atoms with E-state index in [2.05, 4.69) is 30.1 Å². The van der Waals surface area contributed by atoms with Crippen molar-refractivity contribution >= 4 is 0 Å². The maximum absolute atomic E-state index is 11.0. The summed E-state index contributed by atoms with van der Waals surface area (Å²) in [6.07, 6.45) is 0.640. The van der Waals surface area contributed by atoms with Crippen LogP contribution in [0.3, 0.4) is 0 Å². The van der Waals surface area contributed by atoms with E-state index in [1.165, 1.54) is 17.2 Å². The van der Waals surface area contributed by atoms with Crippen LogP contribution in [-0.2, 0) is 6.42 Å². The number of rotatable bonds is 4. The molecule has 1 N–H and O–H groups in total. The van der Waals surface area contributed by atoms with E-state index in [0.717, 1.165) is 22.8 Å². The fraction of sp³-hybridized carbons (Fsp3) is 0.158. The van der Waals surface area contributed by atoms with Crippen molar-refractivity contribution in [3.63, 3.8) is 0 Å². The van der Waals surface area contributed by atoms with Gasteiger partial charge in [-0.05, 0) is 60.9 Å². The molecule has 3 rings (SSSR count). The summed E-state index contributed by atoms with van der Waals surface area (Å²) in [7, 11) is 0. The molecule has 3 aromatic rings. The molecule has 0 atom stereocenters. The molecule has 23 heavy (non-hydrogen) atoms. The number of aryl methyl sites for hydroxylation is 2. The summed E-state index contributed by atoms with van der Waals surface area (Å²) in [6, 6.07) is 17.2. The topological polar surface area (TPSA) is 55.0 Å². The van der Waals surface area contributed by atoms with Crippen LogP contribution >= 0.6 is 0 Å². The SMILES string of the molecule is Cc1ccc(Oc2cccc(Cc3ccc(=O)[nH]n3)c2)cc1C. The lowest BCUT2D eigenvalue weighted by molar-refractivity contribution is 0.481. The number of H-pyrrole nitrogens is 1. The van der Waals surface area contributed by atoms with Gasteiger partial charge >= 0.3 is 0 Å². The lowest BCUT2D eigenvalue weighted by Crippen LogP contribution is -2.07. The minimum Gasteiger partial charge on any atom is -0.457 e. The normalized spacial score (nSPS) is 10.5. The number of benzene rings is 2. The van der Waals surface area contributed by atoms with Crippen molar-refractivity contribution in [3.05, 3.63) is 87.3 Å². The molecule has 0 aliphatic rings. The Balaban J connectivity index is 1.77. The number of nitrogens with one attached hydrogen (secondary N) is 1. The summed E-state index contributed by atoms with van der Waals surface area (Å²) < 4.78 is 5.93. The number of ether oxygens (including phenoxy) is 1. The largest absolute Gasteiger partial charge is 0.457 e. The van der Waals surface area contributed by atoms with E-state index < -0.39 is 0 Å². The first-order chi connectivity index (χ1) is 11.1. The van der Waals surface area contributed by atoms with Crippen LogP contribution in [0.15, 0.2) is 59.4 Å². The quantitative estimate of drug-likeness (QED) is 0.798. The molecule has 0 saturated carbocycles. The highest BCUT2D eigenvalue weighted by atomic mass is 16.5. The molecular weight excluding hydrogens is 288 g/mol. The third kappa shape index (κ3) is 3.86. The Labute approximate surface area is 134 Å². The van der Waals surface area contributed by atoms with Gasteiger partial charge in [0, 0.05) is 12.5 Å². The van der Waals surface area contributed by atoms with Crippen molar-refractivity contribution in [2.24, 2.45) is 0 Å². The number of hydrogen-bond acceptors (Lipinski definition) is 3. The van der Waals surface area contributed by atoms with Gasteiger partial charge in [0.25, 0.3) is 5.56 Å². The molecule has 0 radical (unpaired) electrons. The predicted octanol–water partition coefficient (Wildman–Crippen LogP) is 3.77.